The molecule has 0 unspecified atom stereocenters. The maximum Gasteiger partial charge on any atom is 0.0690 e. The van der Waals surface area contributed by atoms with E-state index < -0.39 is 0 Å². The quantitative estimate of drug-likeness (QED) is 0.420. The molecule has 0 fully saturated rings. The average molecular weight is 117 g/mol. The fourth-order valence-electron chi connectivity index (χ4n) is 0.167. The van der Waals surface area contributed by atoms with Crippen molar-refractivity contribution in [1.82, 2.24) is 15.4 Å². The Kier molecular flexibility index (Phi) is 11.2. The average Bonchev–Trinajstić information content (AvgIpc) is 1.76. The molecule has 0 atom stereocenters. The summed E-state index contributed by atoms with van der Waals surface area (Å²) in [6.07, 6.45) is 3.24. The summed E-state index contributed by atoms with van der Waals surface area (Å²) < 4.78 is 0. The Balaban J connectivity index is 0. The first kappa shape index (κ1) is 11.0. The number of nitrogens with zero attached hydrogens (tertiary/aromatic N) is 2. The number of hydrogen-bond donors (Lipinski definition) is 1. The van der Waals surface area contributed by atoms with Crippen molar-refractivity contribution in [2.75, 3.05) is 0 Å². The van der Waals surface area contributed by atoms with Crippen LogP contribution in [0.25, 0.3) is 0 Å². The molecule has 5 heteroatoms. The van der Waals surface area contributed by atoms with Gasteiger partial charge in [-0.2, -0.15) is 0 Å². The molecule has 0 bridgehead atoms. The third kappa shape index (κ3) is 5.00. The Morgan fingerprint density at radius 2 is 2.00 bits per heavy atom. The smallest absolute Gasteiger partial charge is 0.0690 e. The zero-order valence-corrected chi connectivity index (χ0v) is 2.55. The molecule has 0 saturated carbocycles. The van der Waals surface area contributed by atoms with Gasteiger partial charge < -0.3 is 0 Å². The molecule has 1 heterocycles. The van der Waals surface area contributed by atoms with Gasteiger partial charge in [-0.3, -0.25) is 5.10 Å². The normalized spacial score (nSPS) is 5.71. The summed E-state index contributed by atoms with van der Waals surface area (Å²) in [5.74, 6) is 0. The van der Waals surface area contributed by atoms with Crippen LogP contribution in [0.4, 0.5) is 0 Å². The van der Waals surface area contributed by atoms with Gasteiger partial charge >= 0.3 is 59.1 Å². The molecule has 0 aliphatic rings. The number of hydrogen-bond acceptors (Lipinski definition) is 2. The summed E-state index contributed by atoms with van der Waals surface area (Å²) in [4.78, 5) is 0. The summed E-state index contributed by atoms with van der Waals surface area (Å²) in [5, 5.41) is 9.26. The third-order valence-corrected chi connectivity index (χ3v) is 0.331. The Hall–Kier alpha value is 1.14. The molecule has 0 amide bonds. The fourth-order valence-corrected chi connectivity index (χ4v) is 0.167. The fraction of sp³-hybridized carbons (Fsp3) is 0. The number of aromatic nitrogens is 3. The zero-order valence-electron chi connectivity index (χ0n) is 2.55. The van der Waals surface area contributed by atoms with Crippen LogP contribution in [0.1, 0.15) is 0 Å². The maximum atomic E-state index is 3.42. The van der Waals surface area contributed by atoms with Gasteiger partial charge in [0.25, 0.3) is 0 Å². The molecule has 0 spiro atoms. The van der Waals surface area contributed by atoms with Gasteiger partial charge in [-0.05, 0) is 0 Å². The Bertz CT molecular complexity index is 67.4. The molecule has 0 aromatic carbocycles. The van der Waals surface area contributed by atoms with Gasteiger partial charge in [-0.1, -0.05) is 5.21 Å². The summed E-state index contributed by atoms with van der Waals surface area (Å²) in [7, 11) is 0. The van der Waals surface area contributed by atoms with E-state index in [2.05, 4.69) is 15.4 Å². The second kappa shape index (κ2) is 7.14. The predicted molar refractivity (Wildman–Crippen MR) is 30.7 cm³/mol. The van der Waals surface area contributed by atoms with E-state index in [0.29, 0.717) is 0 Å². The van der Waals surface area contributed by atoms with Gasteiger partial charge in [0.05, 0.1) is 6.20 Å². The molecule has 1 aromatic heterocycles. The van der Waals surface area contributed by atoms with Gasteiger partial charge in [0, 0.05) is 6.20 Å². The molecule has 30 valence electrons. The number of rotatable bonds is 0. The van der Waals surface area contributed by atoms with Crippen molar-refractivity contribution in [2.45, 2.75) is 0 Å². The molecule has 1 rings (SSSR count). The van der Waals surface area contributed by atoms with Gasteiger partial charge in [0.1, 0.15) is 0 Å². The summed E-state index contributed by atoms with van der Waals surface area (Å²) in [6.45, 7) is 0. The molecular weight excluding hydrogens is 112 g/mol. The standard InChI is InChI=1S/C2H3N3.2Na.2H/c1-2-4-5-3-1;;;;/h1-2H,(H,3,4,5);;;;. The molecule has 0 aliphatic heterocycles. The molecule has 1 N–H and O–H groups in total. The van der Waals surface area contributed by atoms with Gasteiger partial charge in [-0.25, -0.2) is 0 Å². The van der Waals surface area contributed by atoms with Crippen LogP contribution in [-0.4, -0.2) is 74.5 Å². The van der Waals surface area contributed by atoms with Crippen molar-refractivity contribution in [2.24, 2.45) is 0 Å². The number of nitrogens with one attached hydrogen (secondary N) is 1. The Morgan fingerprint density at radius 1 is 1.29 bits per heavy atom. The van der Waals surface area contributed by atoms with Gasteiger partial charge in [-0.15, -0.1) is 5.10 Å². The predicted octanol–water partition coefficient (Wildman–Crippen LogP) is -1.49. The summed E-state index contributed by atoms with van der Waals surface area (Å²) in [6, 6.07) is 0. The molecule has 7 heavy (non-hydrogen) atoms. The minimum Gasteiger partial charge on any atom is -0.266 e. The van der Waals surface area contributed by atoms with E-state index >= 15 is 0 Å². The molecule has 0 saturated heterocycles. The van der Waals surface area contributed by atoms with Crippen LogP contribution in [0, 0.1) is 0 Å². The SMILES string of the molecule is [NaH].[NaH].c1c[nH]nn1. The monoisotopic (exact) mass is 117 g/mol. The molecular formula is C2H5N3Na2. The second-order valence-corrected chi connectivity index (χ2v) is 0.660. The molecule has 1 aromatic rings. The van der Waals surface area contributed by atoms with E-state index in [4.69, 9.17) is 0 Å². The van der Waals surface area contributed by atoms with E-state index in [1.165, 1.54) is 0 Å². The minimum atomic E-state index is 0. The van der Waals surface area contributed by atoms with E-state index in [1.807, 2.05) is 0 Å². The van der Waals surface area contributed by atoms with E-state index in [9.17, 15) is 0 Å². The maximum absolute atomic E-state index is 3.42. The van der Waals surface area contributed by atoms with Crippen molar-refractivity contribution in [3.8, 4) is 0 Å². The van der Waals surface area contributed by atoms with Crippen LogP contribution in [0.5, 0.6) is 0 Å². The van der Waals surface area contributed by atoms with Crippen LogP contribution in [0.2, 0.25) is 0 Å². The second-order valence-electron chi connectivity index (χ2n) is 0.660. The molecule has 0 radical (unpaired) electrons. The Morgan fingerprint density at radius 3 is 2.14 bits per heavy atom. The van der Waals surface area contributed by atoms with Gasteiger partial charge in [0.15, 0.2) is 0 Å². The van der Waals surface area contributed by atoms with Crippen LogP contribution in [-0.2, 0) is 0 Å². The van der Waals surface area contributed by atoms with Crippen LogP contribution in [0.3, 0.4) is 0 Å². The number of H-pyrrole nitrogens is 1. The van der Waals surface area contributed by atoms with E-state index in [1.54, 1.807) is 12.4 Å². The number of aromatic amines is 1. The first-order chi connectivity index (χ1) is 2.50. The third-order valence-electron chi connectivity index (χ3n) is 0.331. The van der Waals surface area contributed by atoms with Crippen molar-refractivity contribution in [3.63, 3.8) is 0 Å². The van der Waals surface area contributed by atoms with Crippen molar-refractivity contribution < 1.29 is 0 Å². The van der Waals surface area contributed by atoms with Crippen molar-refractivity contribution in [1.29, 1.82) is 0 Å². The van der Waals surface area contributed by atoms with Crippen molar-refractivity contribution >= 4 is 59.1 Å². The van der Waals surface area contributed by atoms with Crippen LogP contribution in [0.15, 0.2) is 12.4 Å². The molecule has 3 nitrogen and oxygen atoms in total. The topological polar surface area (TPSA) is 41.6 Å². The zero-order chi connectivity index (χ0) is 3.54. The van der Waals surface area contributed by atoms with Crippen LogP contribution < -0.4 is 0 Å². The van der Waals surface area contributed by atoms with E-state index in [0.717, 1.165) is 0 Å². The van der Waals surface area contributed by atoms with Crippen molar-refractivity contribution in [3.05, 3.63) is 12.4 Å². The summed E-state index contributed by atoms with van der Waals surface area (Å²) >= 11 is 0. The first-order valence-electron chi connectivity index (χ1n) is 1.30. The van der Waals surface area contributed by atoms with E-state index in [-0.39, 0.29) is 59.1 Å². The van der Waals surface area contributed by atoms with Crippen LogP contribution >= 0.6 is 0 Å². The minimum absolute atomic E-state index is 0. The molecule has 0 aliphatic carbocycles. The summed E-state index contributed by atoms with van der Waals surface area (Å²) in [5.41, 5.74) is 0. The Labute approximate surface area is 85.8 Å². The first-order valence-corrected chi connectivity index (χ1v) is 1.30. The van der Waals surface area contributed by atoms with Gasteiger partial charge in [0.2, 0.25) is 0 Å². The largest absolute Gasteiger partial charge is 0.266 e.